The zero-order valence-corrected chi connectivity index (χ0v) is 14.2. The van der Waals surface area contributed by atoms with Crippen molar-refractivity contribution in [3.63, 3.8) is 0 Å². The van der Waals surface area contributed by atoms with E-state index in [0.717, 1.165) is 0 Å². The number of carbonyl (C=O) groups is 1. The second-order valence-electron chi connectivity index (χ2n) is 5.40. The van der Waals surface area contributed by atoms with Crippen molar-refractivity contribution < 1.29 is 9.72 Å². The van der Waals surface area contributed by atoms with Crippen LogP contribution in [-0.2, 0) is 0 Å². The lowest BCUT2D eigenvalue weighted by Gasteiger charge is -2.10. The predicted octanol–water partition coefficient (Wildman–Crippen LogP) is 2.75. The molecule has 0 saturated heterocycles. The van der Waals surface area contributed by atoms with E-state index in [1.165, 1.54) is 35.0 Å². The van der Waals surface area contributed by atoms with E-state index in [1.807, 2.05) is 13.8 Å². The number of aromatic nitrogens is 1. The summed E-state index contributed by atoms with van der Waals surface area (Å²) in [6.45, 7) is 3.66. The fourth-order valence-corrected chi connectivity index (χ4v) is 2.25. The van der Waals surface area contributed by atoms with Crippen LogP contribution in [0.5, 0.6) is 0 Å². The Morgan fingerprint density at radius 2 is 2.12 bits per heavy atom. The van der Waals surface area contributed by atoms with Crippen molar-refractivity contribution in [1.29, 1.82) is 0 Å². The molecule has 0 spiro atoms. The highest BCUT2D eigenvalue weighted by molar-refractivity contribution is 6.32. The molecule has 1 aromatic heterocycles. The summed E-state index contributed by atoms with van der Waals surface area (Å²) in [5.41, 5.74) is 1.88. The van der Waals surface area contributed by atoms with Gasteiger partial charge in [-0.25, -0.2) is 5.43 Å². The molecule has 0 aliphatic heterocycles. The first kappa shape index (κ1) is 18.3. The number of nitrogens with zero attached hydrogens (tertiary/aromatic N) is 3. The number of amides is 1. The molecule has 1 aromatic carbocycles. The number of benzene rings is 1. The Morgan fingerprint density at radius 3 is 2.76 bits per heavy atom. The van der Waals surface area contributed by atoms with E-state index in [2.05, 4.69) is 10.5 Å². The maximum absolute atomic E-state index is 12.2. The molecule has 0 aliphatic rings. The van der Waals surface area contributed by atoms with Gasteiger partial charge in [0, 0.05) is 23.9 Å². The number of hydrogen-bond acceptors (Lipinski definition) is 5. The van der Waals surface area contributed by atoms with Gasteiger partial charge < -0.3 is 4.57 Å². The molecule has 130 valence electrons. The van der Waals surface area contributed by atoms with Crippen LogP contribution < -0.4 is 11.0 Å². The first-order valence-corrected chi connectivity index (χ1v) is 7.67. The fourth-order valence-electron chi connectivity index (χ4n) is 2.07. The molecule has 1 heterocycles. The molecule has 9 heteroatoms. The Balaban J connectivity index is 2.17. The van der Waals surface area contributed by atoms with Crippen molar-refractivity contribution in [2.45, 2.75) is 19.9 Å². The number of rotatable bonds is 5. The highest BCUT2D eigenvalue weighted by Gasteiger charge is 2.13. The summed E-state index contributed by atoms with van der Waals surface area (Å²) >= 11 is 5.72. The Bertz CT molecular complexity index is 905. The lowest BCUT2D eigenvalue weighted by Crippen LogP contribution is -2.31. The van der Waals surface area contributed by atoms with Crippen molar-refractivity contribution in [2.24, 2.45) is 5.10 Å². The van der Waals surface area contributed by atoms with Gasteiger partial charge in [0.25, 0.3) is 17.2 Å². The quantitative estimate of drug-likeness (QED) is 0.501. The minimum Gasteiger partial charge on any atom is -0.312 e. The van der Waals surface area contributed by atoms with Crippen molar-refractivity contribution in [3.8, 4) is 0 Å². The van der Waals surface area contributed by atoms with Gasteiger partial charge in [-0.3, -0.25) is 19.7 Å². The van der Waals surface area contributed by atoms with Crippen LogP contribution in [0.25, 0.3) is 0 Å². The van der Waals surface area contributed by atoms with Crippen LogP contribution in [0, 0.1) is 10.1 Å². The lowest BCUT2D eigenvalue weighted by atomic mass is 10.2. The first-order valence-electron chi connectivity index (χ1n) is 7.29. The van der Waals surface area contributed by atoms with E-state index in [1.54, 1.807) is 12.3 Å². The number of carbonyl (C=O) groups excluding carboxylic acids is 1. The number of nitrogens with one attached hydrogen (secondary N) is 1. The molecule has 2 rings (SSSR count). The molecule has 25 heavy (non-hydrogen) atoms. The third-order valence-corrected chi connectivity index (χ3v) is 3.64. The van der Waals surface area contributed by atoms with Gasteiger partial charge in [-0.1, -0.05) is 17.7 Å². The first-order chi connectivity index (χ1) is 11.8. The van der Waals surface area contributed by atoms with Gasteiger partial charge in [0.15, 0.2) is 0 Å². The average molecular weight is 363 g/mol. The molecule has 0 bridgehead atoms. The van der Waals surface area contributed by atoms with Crippen LogP contribution in [-0.4, -0.2) is 21.6 Å². The van der Waals surface area contributed by atoms with Crippen LogP contribution in [0.3, 0.4) is 0 Å². The Hall–Kier alpha value is -3.00. The van der Waals surface area contributed by atoms with Gasteiger partial charge in [0.1, 0.15) is 10.6 Å². The second-order valence-corrected chi connectivity index (χ2v) is 5.80. The van der Waals surface area contributed by atoms with Crippen molar-refractivity contribution in [3.05, 3.63) is 73.1 Å². The van der Waals surface area contributed by atoms with Crippen molar-refractivity contribution in [2.75, 3.05) is 0 Å². The maximum atomic E-state index is 12.2. The number of hydrazone groups is 1. The van der Waals surface area contributed by atoms with Crippen molar-refractivity contribution in [1.82, 2.24) is 9.99 Å². The third kappa shape index (κ3) is 4.30. The summed E-state index contributed by atoms with van der Waals surface area (Å²) in [6, 6.07) is 7.02. The molecule has 0 saturated carbocycles. The molecule has 1 amide bonds. The molecule has 0 aliphatic carbocycles. The molecule has 0 unspecified atom stereocenters. The molecule has 2 aromatic rings. The topological polar surface area (TPSA) is 107 Å². The Kier molecular flexibility index (Phi) is 5.66. The van der Waals surface area contributed by atoms with Gasteiger partial charge in [0.2, 0.25) is 0 Å². The molecular weight excluding hydrogens is 348 g/mol. The largest absolute Gasteiger partial charge is 0.312 e. The van der Waals surface area contributed by atoms with Crippen LogP contribution in [0.1, 0.15) is 35.8 Å². The zero-order chi connectivity index (χ0) is 18.6. The lowest BCUT2D eigenvalue weighted by molar-refractivity contribution is -0.384. The average Bonchev–Trinajstić information content (AvgIpc) is 2.55. The molecule has 1 N–H and O–H groups in total. The van der Waals surface area contributed by atoms with E-state index < -0.39 is 16.4 Å². The van der Waals surface area contributed by atoms with E-state index >= 15 is 0 Å². The second kappa shape index (κ2) is 7.71. The standard InChI is InChI=1S/C16H15ClN4O4/c1-10(2)20-7-3-4-12(16(20)23)15(22)19-18-9-11-5-6-13(17)14(8-11)21(24)25/h3-10H,1-2H3,(H,19,22)/b18-9-. The molecule has 8 nitrogen and oxygen atoms in total. The monoisotopic (exact) mass is 362 g/mol. The molecular formula is C16H15ClN4O4. The number of nitro benzene ring substituents is 1. The highest BCUT2D eigenvalue weighted by atomic mass is 35.5. The number of halogens is 1. The summed E-state index contributed by atoms with van der Waals surface area (Å²) < 4.78 is 1.43. The van der Waals surface area contributed by atoms with Gasteiger partial charge in [-0.05, 0) is 32.0 Å². The van der Waals surface area contributed by atoms with E-state index in [0.29, 0.717) is 5.56 Å². The van der Waals surface area contributed by atoms with Gasteiger partial charge in [0.05, 0.1) is 11.1 Å². The van der Waals surface area contributed by atoms with Gasteiger partial charge >= 0.3 is 0 Å². The van der Waals surface area contributed by atoms with Crippen LogP contribution in [0.2, 0.25) is 5.02 Å². The maximum Gasteiger partial charge on any atom is 0.288 e. The molecule has 0 radical (unpaired) electrons. The molecule has 0 atom stereocenters. The Morgan fingerprint density at radius 1 is 1.40 bits per heavy atom. The highest BCUT2D eigenvalue weighted by Crippen LogP contribution is 2.24. The summed E-state index contributed by atoms with van der Waals surface area (Å²) in [5.74, 6) is -0.667. The predicted molar refractivity (Wildman–Crippen MR) is 94.3 cm³/mol. The number of nitro groups is 1. The fraction of sp³-hybridized carbons (Fsp3) is 0.188. The third-order valence-electron chi connectivity index (χ3n) is 3.32. The number of hydrogen-bond donors (Lipinski definition) is 1. The SMILES string of the molecule is CC(C)n1cccc(C(=O)N/N=C\c2ccc(Cl)c([N+](=O)[O-])c2)c1=O. The van der Waals surface area contributed by atoms with Crippen LogP contribution >= 0.6 is 11.6 Å². The summed E-state index contributed by atoms with van der Waals surface area (Å²) in [4.78, 5) is 34.5. The van der Waals surface area contributed by atoms with Crippen LogP contribution in [0.4, 0.5) is 5.69 Å². The smallest absolute Gasteiger partial charge is 0.288 e. The van der Waals surface area contributed by atoms with Crippen LogP contribution in [0.15, 0.2) is 46.4 Å². The summed E-state index contributed by atoms with van der Waals surface area (Å²) in [6.07, 6.45) is 2.82. The van der Waals surface area contributed by atoms with Gasteiger partial charge in [-0.15, -0.1) is 0 Å². The minimum absolute atomic E-state index is 0.00436. The number of pyridine rings is 1. The normalized spacial score (nSPS) is 11.0. The Labute approximate surface area is 147 Å². The summed E-state index contributed by atoms with van der Waals surface area (Å²) in [7, 11) is 0. The van der Waals surface area contributed by atoms with E-state index in [-0.39, 0.29) is 22.3 Å². The summed E-state index contributed by atoms with van der Waals surface area (Å²) in [5, 5.41) is 14.6. The van der Waals surface area contributed by atoms with E-state index in [9.17, 15) is 19.7 Å². The minimum atomic E-state index is -0.667. The van der Waals surface area contributed by atoms with E-state index in [4.69, 9.17) is 11.6 Å². The molecule has 0 fully saturated rings. The van der Waals surface area contributed by atoms with Crippen molar-refractivity contribution >= 4 is 29.4 Å². The van der Waals surface area contributed by atoms with Gasteiger partial charge in [-0.2, -0.15) is 5.10 Å². The zero-order valence-electron chi connectivity index (χ0n) is 13.5.